The van der Waals surface area contributed by atoms with Crippen LogP contribution in [0.15, 0.2) is 16.5 Å². The Morgan fingerprint density at radius 2 is 2.15 bits per heavy atom. The molecular weight excluding hydrogens is 166 g/mol. The minimum Gasteiger partial charge on any atom is -0.462 e. The summed E-state index contributed by atoms with van der Waals surface area (Å²) in [7, 11) is 0. The Kier molecular flexibility index (Phi) is 2.38. The van der Waals surface area contributed by atoms with E-state index in [2.05, 4.69) is 11.8 Å². The second-order valence-corrected chi connectivity index (χ2v) is 3.83. The van der Waals surface area contributed by atoms with Gasteiger partial charge < -0.3 is 9.52 Å². The van der Waals surface area contributed by atoms with E-state index in [4.69, 9.17) is 9.52 Å². The molecule has 1 fully saturated rings. The molecule has 1 aliphatic heterocycles. The van der Waals surface area contributed by atoms with Gasteiger partial charge in [0.25, 0.3) is 0 Å². The van der Waals surface area contributed by atoms with Gasteiger partial charge in [-0.2, -0.15) is 0 Å². The molecule has 0 radical (unpaired) electrons. The molecular formula is C10H15NO2. The van der Waals surface area contributed by atoms with E-state index in [1.807, 2.05) is 12.1 Å². The Bertz CT molecular complexity index is 276. The van der Waals surface area contributed by atoms with Crippen LogP contribution in [-0.4, -0.2) is 23.1 Å². The third-order valence-electron chi connectivity index (χ3n) is 2.39. The Morgan fingerprint density at radius 1 is 1.46 bits per heavy atom. The van der Waals surface area contributed by atoms with Crippen LogP contribution < -0.4 is 0 Å². The Balaban J connectivity index is 1.87. The average molecular weight is 181 g/mol. The van der Waals surface area contributed by atoms with Crippen molar-refractivity contribution >= 4 is 0 Å². The molecule has 0 amide bonds. The standard InChI is InChI=1S/C10H15NO2/c1-8-4-11(5-8)6-9-2-3-10(7-12)13-9/h2-3,8,12H,4-7H2,1H3. The number of hydrogen-bond donors (Lipinski definition) is 1. The largest absolute Gasteiger partial charge is 0.462 e. The molecule has 3 nitrogen and oxygen atoms in total. The van der Waals surface area contributed by atoms with E-state index in [1.165, 1.54) is 0 Å². The van der Waals surface area contributed by atoms with Crippen LogP contribution in [0.2, 0.25) is 0 Å². The molecule has 2 rings (SSSR count). The van der Waals surface area contributed by atoms with Crippen molar-refractivity contribution in [2.45, 2.75) is 20.1 Å². The predicted octanol–water partition coefficient (Wildman–Crippen LogP) is 1.22. The van der Waals surface area contributed by atoms with Gasteiger partial charge in [-0.15, -0.1) is 0 Å². The summed E-state index contributed by atoms with van der Waals surface area (Å²) in [6.07, 6.45) is 0. The zero-order chi connectivity index (χ0) is 9.26. The summed E-state index contributed by atoms with van der Waals surface area (Å²) in [5.41, 5.74) is 0. The maximum atomic E-state index is 8.79. The van der Waals surface area contributed by atoms with Gasteiger partial charge in [-0.1, -0.05) is 6.92 Å². The molecule has 1 aromatic heterocycles. The van der Waals surface area contributed by atoms with Gasteiger partial charge in [-0.3, -0.25) is 4.90 Å². The summed E-state index contributed by atoms with van der Waals surface area (Å²) in [5, 5.41) is 8.79. The minimum atomic E-state index is -0.00357. The van der Waals surface area contributed by atoms with Crippen molar-refractivity contribution in [3.05, 3.63) is 23.7 Å². The lowest BCUT2D eigenvalue weighted by Crippen LogP contribution is -2.44. The van der Waals surface area contributed by atoms with Gasteiger partial charge in [0.1, 0.15) is 18.1 Å². The van der Waals surface area contributed by atoms with Crippen molar-refractivity contribution in [2.75, 3.05) is 13.1 Å². The highest BCUT2D eigenvalue weighted by atomic mass is 16.4. The van der Waals surface area contributed by atoms with Crippen LogP contribution in [0, 0.1) is 5.92 Å². The van der Waals surface area contributed by atoms with Gasteiger partial charge in [0.15, 0.2) is 0 Å². The monoisotopic (exact) mass is 181 g/mol. The second kappa shape index (κ2) is 3.52. The van der Waals surface area contributed by atoms with E-state index >= 15 is 0 Å². The van der Waals surface area contributed by atoms with E-state index in [0.717, 1.165) is 31.3 Å². The van der Waals surface area contributed by atoms with Crippen molar-refractivity contribution < 1.29 is 9.52 Å². The summed E-state index contributed by atoms with van der Waals surface area (Å²) in [6, 6.07) is 3.77. The van der Waals surface area contributed by atoms with Gasteiger partial charge >= 0.3 is 0 Å². The minimum absolute atomic E-state index is 0.00357. The van der Waals surface area contributed by atoms with Crippen molar-refractivity contribution in [1.29, 1.82) is 0 Å². The number of aliphatic hydroxyl groups excluding tert-OH is 1. The highest BCUT2D eigenvalue weighted by Crippen LogP contribution is 2.18. The summed E-state index contributed by atoms with van der Waals surface area (Å²) >= 11 is 0. The third-order valence-corrected chi connectivity index (χ3v) is 2.39. The van der Waals surface area contributed by atoms with Crippen LogP contribution in [0.3, 0.4) is 0 Å². The molecule has 0 aromatic carbocycles. The predicted molar refractivity (Wildman–Crippen MR) is 49.1 cm³/mol. The van der Waals surface area contributed by atoms with Gasteiger partial charge in [-0.05, 0) is 18.1 Å². The lowest BCUT2D eigenvalue weighted by atomic mass is 10.0. The average Bonchev–Trinajstić information content (AvgIpc) is 2.50. The van der Waals surface area contributed by atoms with E-state index in [1.54, 1.807) is 0 Å². The molecule has 3 heteroatoms. The van der Waals surface area contributed by atoms with Crippen molar-refractivity contribution in [3.8, 4) is 0 Å². The maximum absolute atomic E-state index is 8.79. The molecule has 0 saturated carbocycles. The summed E-state index contributed by atoms with van der Waals surface area (Å²) in [6.45, 7) is 5.45. The summed E-state index contributed by atoms with van der Waals surface area (Å²) in [4.78, 5) is 2.34. The second-order valence-electron chi connectivity index (χ2n) is 3.83. The Labute approximate surface area is 78.0 Å². The van der Waals surface area contributed by atoms with E-state index in [9.17, 15) is 0 Å². The van der Waals surface area contributed by atoms with E-state index in [-0.39, 0.29) is 6.61 Å². The lowest BCUT2D eigenvalue weighted by Gasteiger charge is -2.36. The van der Waals surface area contributed by atoms with Crippen molar-refractivity contribution in [1.82, 2.24) is 4.90 Å². The molecule has 1 aromatic rings. The highest BCUT2D eigenvalue weighted by molar-refractivity contribution is 5.06. The van der Waals surface area contributed by atoms with Crippen LogP contribution >= 0.6 is 0 Å². The van der Waals surface area contributed by atoms with Gasteiger partial charge in [-0.25, -0.2) is 0 Å². The first kappa shape index (κ1) is 8.78. The molecule has 1 N–H and O–H groups in total. The molecule has 13 heavy (non-hydrogen) atoms. The first-order valence-electron chi connectivity index (χ1n) is 4.68. The molecule has 0 atom stereocenters. The fourth-order valence-electron chi connectivity index (χ4n) is 1.77. The van der Waals surface area contributed by atoms with Crippen LogP contribution in [0.4, 0.5) is 0 Å². The first-order valence-corrected chi connectivity index (χ1v) is 4.68. The lowest BCUT2D eigenvalue weighted by molar-refractivity contribution is 0.0945. The molecule has 1 aliphatic rings. The number of likely N-dealkylation sites (tertiary alicyclic amines) is 1. The fourth-order valence-corrected chi connectivity index (χ4v) is 1.77. The SMILES string of the molecule is CC1CN(Cc2ccc(CO)o2)C1. The zero-order valence-corrected chi connectivity index (χ0v) is 7.86. The normalized spacial score (nSPS) is 18.9. The first-order chi connectivity index (χ1) is 6.28. The van der Waals surface area contributed by atoms with E-state index < -0.39 is 0 Å². The van der Waals surface area contributed by atoms with Crippen LogP contribution in [0.1, 0.15) is 18.4 Å². The smallest absolute Gasteiger partial charge is 0.129 e. The van der Waals surface area contributed by atoms with Crippen molar-refractivity contribution in [2.24, 2.45) is 5.92 Å². The number of rotatable bonds is 3. The Morgan fingerprint density at radius 3 is 2.69 bits per heavy atom. The maximum Gasteiger partial charge on any atom is 0.129 e. The van der Waals surface area contributed by atoms with Gasteiger partial charge in [0, 0.05) is 13.1 Å². The number of furan rings is 1. The molecule has 1 saturated heterocycles. The Hall–Kier alpha value is -0.800. The molecule has 0 unspecified atom stereocenters. The number of nitrogens with zero attached hydrogens (tertiary/aromatic N) is 1. The molecule has 72 valence electrons. The molecule has 0 aliphatic carbocycles. The topological polar surface area (TPSA) is 36.6 Å². The van der Waals surface area contributed by atoms with Crippen LogP contribution in [0.5, 0.6) is 0 Å². The molecule has 0 bridgehead atoms. The molecule has 0 spiro atoms. The van der Waals surface area contributed by atoms with Crippen LogP contribution in [0.25, 0.3) is 0 Å². The van der Waals surface area contributed by atoms with Crippen LogP contribution in [-0.2, 0) is 13.2 Å². The third kappa shape index (κ3) is 1.92. The summed E-state index contributed by atoms with van der Waals surface area (Å²) in [5.74, 6) is 2.44. The quantitative estimate of drug-likeness (QED) is 0.761. The number of hydrogen-bond acceptors (Lipinski definition) is 3. The zero-order valence-electron chi connectivity index (χ0n) is 7.86. The summed E-state index contributed by atoms with van der Waals surface area (Å²) < 4.78 is 5.38. The van der Waals surface area contributed by atoms with Gasteiger partial charge in [0.05, 0.1) is 6.54 Å². The van der Waals surface area contributed by atoms with Gasteiger partial charge in [0.2, 0.25) is 0 Å². The molecule has 2 heterocycles. The number of aliphatic hydroxyl groups is 1. The van der Waals surface area contributed by atoms with Crippen molar-refractivity contribution in [3.63, 3.8) is 0 Å². The highest BCUT2D eigenvalue weighted by Gasteiger charge is 2.22. The fraction of sp³-hybridized carbons (Fsp3) is 0.600. The van der Waals surface area contributed by atoms with E-state index in [0.29, 0.717) is 5.76 Å².